The molecule has 26 heavy (non-hydrogen) atoms. The summed E-state index contributed by atoms with van der Waals surface area (Å²) in [7, 11) is 1.59. The Morgan fingerprint density at radius 3 is 2.42 bits per heavy atom. The van der Waals surface area contributed by atoms with Gasteiger partial charge in [-0.15, -0.1) is 0 Å². The summed E-state index contributed by atoms with van der Waals surface area (Å²) in [6.45, 7) is 0. The lowest BCUT2D eigenvalue weighted by Crippen LogP contribution is -2.22. The molecule has 0 bridgehead atoms. The first kappa shape index (κ1) is 16.5. The first-order valence-corrected chi connectivity index (χ1v) is 8.90. The number of hydrogen-bond acceptors (Lipinski definition) is 3. The maximum atomic E-state index is 13.4. The van der Waals surface area contributed by atoms with Crippen LogP contribution >= 0.6 is 15.9 Å². The Morgan fingerprint density at radius 1 is 0.923 bits per heavy atom. The molecule has 0 saturated heterocycles. The van der Waals surface area contributed by atoms with Gasteiger partial charge < -0.3 is 4.74 Å². The van der Waals surface area contributed by atoms with E-state index in [1.54, 1.807) is 17.7 Å². The Labute approximate surface area is 158 Å². The molecule has 4 rings (SSSR count). The average Bonchev–Trinajstić information content (AvgIpc) is 2.68. The molecule has 4 nitrogen and oxygen atoms in total. The molecule has 0 N–H and O–H groups in total. The smallest absolute Gasteiger partial charge is 0.266 e. The molecule has 128 valence electrons. The zero-order valence-electron chi connectivity index (χ0n) is 14.0. The first-order chi connectivity index (χ1) is 12.7. The van der Waals surface area contributed by atoms with Crippen LogP contribution in [-0.4, -0.2) is 16.7 Å². The standard InChI is InChI=1S/C21H15BrN2O2/c1-26-19-13-7-6-12-18(19)24-20(14-8-2-4-10-16(14)22)23-17-11-5-3-9-15(17)21(24)25/h2-13H,1H3. The van der Waals surface area contributed by atoms with Gasteiger partial charge >= 0.3 is 0 Å². The molecule has 0 radical (unpaired) electrons. The molecule has 0 atom stereocenters. The summed E-state index contributed by atoms with van der Waals surface area (Å²) in [6, 6.07) is 22.5. The maximum absolute atomic E-state index is 13.4. The van der Waals surface area contributed by atoms with Crippen molar-refractivity contribution < 1.29 is 4.74 Å². The molecule has 5 heteroatoms. The number of ether oxygens (including phenoxy) is 1. The van der Waals surface area contributed by atoms with E-state index in [-0.39, 0.29) is 5.56 Å². The number of halogens is 1. The summed E-state index contributed by atoms with van der Waals surface area (Å²) < 4.78 is 7.97. The largest absolute Gasteiger partial charge is 0.495 e. The second-order valence-corrected chi connectivity index (χ2v) is 6.60. The van der Waals surface area contributed by atoms with E-state index < -0.39 is 0 Å². The number of nitrogens with zero attached hydrogens (tertiary/aromatic N) is 2. The third-order valence-electron chi connectivity index (χ3n) is 4.22. The third kappa shape index (κ3) is 2.70. The van der Waals surface area contributed by atoms with Crippen LogP contribution in [0.4, 0.5) is 0 Å². The summed E-state index contributed by atoms with van der Waals surface area (Å²) in [5.74, 6) is 1.17. The maximum Gasteiger partial charge on any atom is 0.266 e. The van der Waals surface area contributed by atoms with Crippen LogP contribution in [0.2, 0.25) is 0 Å². The van der Waals surface area contributed by atoms with Gasteiger partial charge in [-0.05, 0) is 30.3 Å². The fourth-order valence-electron chi connectivity index (χ4n) is 2.99. The lowest BCUT2D eigenvalue weighted by molar-refractivity contribution is 0.412. The van der Waals surface area contributed by atoms with E-state index in [1.807, 2.05) is 66.7 Å². The predicted octanol–water partition coefficient (Wildman–Crippen LogP) is 4.82. The third-order valence-corrected chi connectivity index (χ3v) is 4.91. The molecule has 0 saturated carbocycles. The number of benzene rings is 3. The van der Waals surface area contributed by atoms with Crippen molar-refractivity contribution in [2.45, 2.75) is 0 Å². The normalized spacial score (nSPS) is 10.8. The summed E-state index contributed by atoms with van der Waals surface area (Å²) in [5.41, 5.74) is 2.02. The molecule has 1 heterocycles. The van der Waals surface area contributed by atoms with Gasteiger partial charge in [0, 0.05) is 10.0 Å². The van der Waals surface area contributed by atoms with Crippen molar-refractivity contribution in [1.29, 1.82) is 0 Å². The van der Waals surface area contributed by atoms with E-state index >= 15 is 0 Å². The molecular formula is C21H15BrN2O2. The molecular weight excluding hydrogens is 392 g/mol. The summed E-state index contributed by atoms with van der Waals surface area (Å²) >= 11 is 3.58. The van der Waals surface area contributed by atoms with Gasteiger partial charge in [-0.1, -0.05) is 58.4 Å². The van der Waals surface area contributed by atoms with E-state index in [4.69, 9.17) is 9.72 Å². The van der Waals surface area contributed by atoms with Crippen molar-refractivity contribution in [2.75, 3.05) is 7.11 Å². The number of hydrogen-bond donors (Lipinski definition) is 0. The van der Waals surface area contributed by atoms with E-state index in [0.717, 1.165) is 10.0 Å². The van der Waals surface area contributed by atoms with Gasteiger partial charge in [0.1, 0.15) is 11.6 Å². The van der Waals surface area contributed by atoms with Crippen molar-refractivity contribution in [1.82, 2.24) is 9.55 Å². The van der Waals surface area contributed by atoms with Crippen LogP contribution in [0.15, 0.2) is 82.1 Å². The molecule has 4 aromatic rings. The van der Waals surface area contributed by atoms with Gasteiger partial charge in [-0.2, -0.15) is 0 Å². The average molecular weight is 407 g/mol. The number of aromatic nitrogens is 2. The zero-order chi connectivity index (χ0) is 18.1. The molecule has 0 unspecified atom stereocenters. The molecule has 0 fully saturated rings. The van der Waals surface area contributed by atoms with Gasteiger partial charge in [-0.3, -0.25) is 9.36 Å². The summed E-state index contributed by atoms with van der Waals surface area (Å²) in [5, 5.41) is 0.564. The molecule has 0 spiro atoms. The van der Waals surface area contributed by atoms with E-state index in [9.17, 15) is 4.79 Å². The van der Waals surface area contributed by atoms with Gasteiger partial charge in [-0.25, -0.2) is 4.98 Å². The highest BCUT2D eigenvalue weighted by atomic mass is 79.9. The Morgan fingerprint density at radius 2 is 1.62 bits per heavy atom. The molecule has 0 aliphatic heterocycles. The highest BCUT2D eigenvalue weighted by Gasteiger charge is 2.18. The van der Waals surface area contributed by atoms with Crippen LogP contribution in [0.5, 0.6) is 5.75 Å². The molecule has 0 aliphatic rings. The van der Waals surface area contributed by atoms with Crippen LogP contribution in [-0.2, 0) is 0 Å². The summed E-state index contributed by atoms with van der Waals surface area (Å²) in [4.78, 5) is 18.2. The minimum absolute atomic E-state index is 0.133. The monoisotopic (exact) mass is 406 g/mol. The number of para-hydroxylation sites is 3. The fraction of sp³-hybridized carbons (Fsp3) is 0.0476. The number of fused-ring (bicyclic) bond motifs is 1. The Bertz CT molecular complexity index is 1170. The van der Waals surface area contributed by atoms with Gasteiger partial charge in [0.05, 0.1) is 23.7 Å². The van der Waals surface area contributed by atoms with Crippen molar-refractivity contribution in [3.8, 4) is 22.8 Å². The van der Waals surface area contributed by atoms with Crippen molar-refractivity contribution >= 4 is 26.8 Å². The van der Waals surface area contributed by atoms with Gasteiger partial charge in [0.15, 0.2) is 0 Å². The zero-order valence-corrected chi connectivity index (χ0v) is 15.6. The van der Waals surface area contributed by atoms with Crippen LogP contribution < -0.4 is 10.3 Å². The van der Waals surface area contributed by atoms with Crippen molar-refractivity contribution in [3.63, 3.8) is 0 Å². The second kappa shape index (κ2) is 6.77. The minimum atomic E-state index is -0.133. The Hall–Kier alpha value is -2.92. The van der Waals surface area contributed by atoms with Crippen LogP contribution in [0, 0.1) is 0 Å². The molecule has 1 aromatic heterocycles. The number of methoxy groups -OCH3 is 1. The molecule has 0 amide bonds. The highest BCUT2D eigenvalue weighted by Crippen LogP contribution is 2.31. The fourth-order valence-corrected chi connectivity index (χ4v) is 3.46. The molecule has 0 aliphatic carbocycles. The lowest BCUT2D eigenvalue weighted by Gasteiger charge is -2.17. The van der Waals surface area contributed by atoms with Crippen LogP contribution in [0.1, 0.15) is 0 Å². The van der Waals surface area contributed by atoms with E-state index in [2.05, 4.69) is 15.9 Å². The molecule has 3 aromatic carbocycles. The predicted molar refractivity (Wildman–Crippen MR) is 107 cm³/mol. The van der Waals surface area contributed by atoms with Crippen LogP contribution in [0.3, 0.4) is 0 Å². The van der Waals surface area contributed by atoms with Crippen molar-refractivity contribution in [3.05, 3.63) is 87.6 Å². The topological polar surface area (TPSA) is 44.1 Å². The van der Waals surface area contributed by atoms with Crippen LogP contribution in [0.25, 0.3) is 28.0 Å². The minimum Gasteiger partial charge on any atom is -0.495 e. The quantitative estimate of drug-likeness (QED) is 0.489. The second-order valence-electron chi connectivity index (χ2n) is 5.74. The van der Waals surface area contributed by atoms with Gasteiger partial charge in [0.25, 0.3) is 5.56 Å². The first-order valence-electron chi connectivity index (χ1n) is 8.11. The highest BCUT2D eigenvalue weighted by molar-refractivity contribution is 9.10. The number of rotatable bonds is 3. The van der Waals surface area contributed by atoms with Crippen molar-refractivity contribution in [2.24, 2.45) is 0 Å². The van der Waals surface area contributed by atoms with E-state index in [1.165, 1.54) is 0 Å². The SMILES string of the molecule is COc1ccccc1-n1c(-c2ccccc2Br)nc2ccccc2c1=O. The lowest BCUT2D eigenvalue weighted by atomic mass is 10.1. The van der Waals surface area contributed by atoms with E-state index in [0.29, 0.717) is 28.2 Å². The summed E-state index contributed by atoms with van der Waals surface area (Å²) in [6.07, 6.45) is 0. The Kier molecular flexibility index (Phi) is 4.31. The van der Waals surface area contributed by atoms with Gasteiger partial charge in [0.2, 0.25) is 0 Å². The Balaban J connectivity index is 2.17.